The van der Waals surface area contributed by atoms with E-state index in [0.717, 1.165) is 5.56 Å². The van der Waals surface area contributed by atoms with E-state index < -0.39 is 6.23 Å². The van der Waals surface area contributed by atoms with Crippen LogP contribution in [-0.4, -0.2) is 27.3 Å². The summed E-state index contributed by atoms with van der Waals surface area (Å²) in [5.74, 6) is -0.360. The summed E-state index contributed by atoms with van der Waals surface area (Å²) >= 11 is 0. The van der Waals surface area contributed by atoms with Crippen LogP contribution >= 0.6 is 0 Å². The molecule has 1 aromatic heterocycles. The standard InChI is InChI=1S/C13H16N4O3/c14-13(19)11-6-15-9-17(11)16-12(18)8-20-7-10-4-2-1-3-5-10/h1-6,9,13,19H,7-8,14H2,(H,16,18). The second-order valence-corrected chi connectivity index (χ2v) is 4.15. The van der Waals surface area contributed by atoms with Gasteiger partial charge in [-0.2, -0.15) is 0 Å². The number of nitrogens with two attached hydrogens (primary N) is 1. The normalized spacial score (nSPS) is 12.1. The number of carbonyl (C=O) groups excluding carboxylic acids is 1. The van der Waals surface area contributed by atoms with Gasteiger partial charge in [0, 0.05) is 0 Å². The highest BCUT2D eigenvalue weighted by Gasteiger charge is 2.10. The second-order valence-electron chi connectivity index (χ2n) is 4.15. The summed E-state index contributed by atoms with van der Waals surface area (Å²) in [5.41, 5.74) is 9.11. The van der Waals surface area contributed by atoms with Gasteiger partial charge in [-0.1, -0.05) is 30.3 Å². The molecular formula is C13H16N4O3. The highest BCUT2D eigenvalue weighted by Crippen LogP contribution is 2.04. The fourth-order valence-corrected chi connectivity index (χ4v) is 1.62. The molecule has 4 N–H and O–H groups in total. The zero-order chi connectivity index (χ0) is 14.4. The van der Waals surface area contributed by atoms with Crippen LogP contribution in [0.25, 0.3) is 0 Å². The van der Waals surface area contributed by atoms with Crippen molar-refractivity contribution < 1.29 is 14.6 Å². The fourth-order valence-electron chi connectivity index (χ4n) is 1.62. The maximum Gasteiger partial charge on any atom is 0.264 e. The van der Waals surface area contributed by atoms with Gasteiger partial charge in [0.1, 0.15) is 24.9 Å². The van der Waals surface area contributed by atoms with E-state index in [0.29, 0.717) is 12.3 Å². The molecule has 0 saturated carbocycles. The summed E-state index contributed by atoms with van der Waals surface area (Å²) in [6.45, 7) is 0.248. The van der Waals surface area contributed by atoms with E-state index in [-0.39, 0.29) is 12.5 Å². The first-order valence-corrected chi connectivity index (χ1v) is 6.04. The Labute approximate surface area is 116 Å². The summed E-state index contributed by atoms with van der Waals surface area (Å²) < 4.78 is 6.55. The molecule has 1 heterocycles. The van der Waals surface area contributed by atoms with Gasteiger partial charge in [-0.05, 0) is 5.56 Å². The van der Waals surface area contributed by atoms with Gasteiger partial charge in [0.2, 0.25) is 0 Å². The quantitative estimate of drug-likeness (QED) is 0.650. The topological polar surface area (TPSA) is 102 Å². The van der Waals surface area contributed by atoms with E-state index in [1.54, 1.807) is 0 Å². The number of hydrogen-bond acceptors (Lipinski definition) is 5. The van der Waals surface area contributed by atoms with Gasteiger partial charge in [0.05, 0.1) is 12.8 Å². The van der Waals surface area contributed by atoms with Crippen molar-refractivity contribution in [2.24, 2.45) is 5.73 Å². The number of rotatable bonds is 6. The summed E-state index contributed by atoms with van der Waals surface area (Å²) in [5, 5.41) is 9.27. The smallest absolute Gasteiger partial charge is 0.264 e. The predicted octanol–water partition coefficient (Wildman–Crippen LogP) is 0.120. The Balaban J connectivity index is 1.79. The van der Waals surface area contributed by atoms with Crippen molar-refractivity contribution >= 4 is 5.91 Å². The molecule has 7 heteroatoms. The largest absolute Gasteiger partial charge is 0.373 e. The molecule has 0 radical (unpaired) electrons. The lowest BCUT2D eigenvalue weighted by Gasteiger charge is -2.11. The van der Waals surface area contributed by atoms with Crippen LogP contribution in [-0.2, 0) is 16.1 Å². The van der Waals surface area contributed by atoms with Crippen LogP contribution < -0.4 is 11.2 Å². The van der Waals surface area contributed by atoms with Gasteiger partial charge in [-0.15, -0.1) is 0 Å². The van der Waals surface area contributed by atoms with Crippen molar-refractivity contribution in [3.63, 3.8) is 0 Å². The zero-order valence-electron chi connectivity index (χ0n) is 10.8. The molecule has 0 bridgehead atoms. The van der Waals surface area contributed by atoms with E-state index >= 15 is 0 Å². The number of carbonyl (C=O) groups is 1. The van der Waals surface area contributed by atoms with Crippen LogP contribution in [0, 0.1) is 0 Å². The fraction of sp³-hybridized carbons (Fsp3) is 0.231. The van der Waals surface area contributed by atoms with Gasteiger partial charge < -0.3 is 15.6 Å². The molecule has 1 atom stereocenters. The monoisotopic (exact) mass is 276 g/mol. The molecule has 7 nitrogen and oxygen atoms in total. The number of aliphatic hydroxyl groups is 1. The molecule has 0 fully saturated rings. The number of nitrogens with zero attached hydrogens (tertiary/aromatic N) is 2. The molecular weight excluding hydrogens is 260 g/mol. The Morgan fingerprint density at radius 3 is 2.90 bits per heavy atom. The first-order chi connectivity index (χ1) is 9.66. The van der Waals surface area contributed by atoms with E-state index in [1.807, 2.05) is 30.3 Å². The first-order valence-electron chi connectivity index (χ1n) is 6.04. The Morgan fingerprint density at radius 1 is 1.45 bits per heavy atom. The van der Waals surface area contributed by atoms with Crippen LogP contribution in [0.5, 0.6) is 0 Å². The van der Waals surface area contributed by atoms with Crippen LogP contribution in [0.1, 0.15) is 17.5 Å². The number of nitrogens with one attached hydrogen (secondary N) is 1. The third-order valence-electron chi connectivity index (χ3n) is 2.56. The van der Waals surface area contributed by atoms with Gasteiger partial charge in [0.15, 0.2) is 0 Å². The molecule has 0 saturated heterocycles. The minimum Gasteiger partial charge on any atom is -0.373 e. The number of ether oxygens (including phenoxy) is 1. The van der Waals surface area contributed by atoms with E-state index in [2.05, 4.69) is 10.4 Å². The highest BCUT2D eigenvalue weighted by atomic mass is 16.5. The number of benzene rings is 1. The van der Waals surface area contributed by atoms with Crippen molar-refractivity contribution in [1.29, 1.82) is 0 Å². The SMILES string of the molecule is NC(O)c1cncn1NC(=O)COCc1ccccc1. The maximum atomic E-state index is 11.7. The molecule has 2 rings (SSSR count). The minimum absolute atomic E-state index is 0.104. The average molecular weight is 276 g/mol. The molecule has 0 aliphatic rings. The zero-order valence-corrected chi connectivity index (χ0v) is 10.8. The van der Waals surface area contributed by atoms with Gasteiger partial charge >= 0.3 is 0 Å². The lowest BCUT2D eigenvalue weighted by Crippen LogP contribution is -2.29. The van der Waals surface area contributed by atoms with Gasteiger partial charge in [-0.3, -0.25) is 10.2 Å². The molecule has 1 unspecified atom stereocenters. The van der Waals surface area contributed by atoms with Crippen molar-refractivity contribution in [1.82, 2.24) is 9.66 Å². The van der Waals surface area contributed by atoms with Crippen LogP contribution in [0.3, 0.4) is 0 Å². The van der Waals surface area contributed by atoms with Crippen LogP contribution in [0.15, 0.2) is 42.9 Å². The molecule has 106 valence electrons. The van der Waals surface area contributed by atoms with Gasteiger partial charge in [-0.25, -0.2) is 9.66 Å². The van der Waals surface area contributed by atoms with Crippen molar-refractivity contribution in [3.8, 4) is 0 Å². The Bertz CT molecular complexity index is 554. The molecule has 1 aromatic carbocycles. The third-order valence-corrected chi connectivity index (χ3v) is 2.56. The highest BCUT2D eigenvalue weighted by molar-refractivity contribution is 5.84. The average Bonchev–Trinajstić information content (AvgIpc) is 2.88. The molecule has 2 aromatic rings. The minimum atomic E-state index is -1.21. The van der Waals surface area contributed by atoms with Gasteiger partial charge in [0.25, 0.3) is 5.91 Å². The summed E-state index contributed by atoms with van der Waals surface area (Å²) in [6, 6.07) is 9.54. The second kappa shape index (κ2) is 6.80. The maximum absolute atomic E-state index is 11.7. The summed E-state index contributed by atoms with van der Waals surface area (Å²) in [6.07, 6.45) is 1.51. The number of aliphatic hydroxyl groups excluding tert-OH is 1. The third kappa shape index (κ3) is 3.89. The lowest BCUT2D eigenvalue weighted by molar-refractivity contribution is -0.122. The lowest BCUT2D eigenvalue weighted by atomic mass is 10.2. The van der Waals surface area contributed by atoms with E-state index in [4.69, 9.17) is 10.5 Å². The van der Waals surface area contributed by atoms with Crippen LogP contribution in [0.2, 0.25) is 0 Å². The molecule has 20 heavy (non-hydrogen) atoms. The summed E-state index contributed by atoms with van der Waals surface area (Å²) in [4.78, 5) is 15.5. The number of amides is 1. The summed E-state index contributed by atoms with van der Waals surface area (Å²) in [7, 11) is 0. The van der Waals surface area contributed by atoms with Crippen molar-refractivity contribution in [2.45, 2.75) is 12.8 Å². The molecule has 1 amide bonds. The molecule has 0 aliphatic heterocycles. The number of imidazole rings is 1. The molecule has 0 spiro atoms. The van der Waals surface area contributed by atoms with Crippen LogP contribution in [0.4, 0.5) is 0 Å². The van der Waals surface area contributed by atoms with E-state index in [1.165, 1.54) is 17.2 Å². The Kier molecular flexibility index (Phi) is 4.83. The molecule has 0 aliphatic carbocycles. The van der Waals surface area contributed by atoms with Crippen molar-refractivity contribution in [3.05, 3.63) is 54.1 Å². The Hall–Kier alpha value is -2.22. The van der Waals surface area contributed by atoms with E-state index in [9.17, 15) is 9.90 Å². The number of aromatic nitrogens is 2. The van der Waals surface area contributed by atoms with Crippen molar-refractivity contribution in [2.75, 3.05) is 12.0 Å². The Morgan fingerprint density at radius 2 is 2.20 bits per heavy atom. The first kappa shape index (κ1) is 14.2. The predicted molar refractivity (Wildman–Crippen MR) is 71.8 cm³/mol. The number of hydrogen-bond donors (Lipinski definition) is 3.